The van der Waals surface area contributed by atoms with Crippen LogP contribution in [-0.4, -0.2) is 9.97 Å². The van der Waals surface area contributed by atoms with Gasteiger partial charge in [-0.15, -0.1) is 0 Å². The van der Waals surface area contributed by atoms with Gasteiger partial charge in [0, 0.05) is 16.5 Å². The van der Waals surface area contributed by atoms with Gasteiger partial charge in [-0.1, -0.05) is 133 Å². The molecule has 0 bridgehead atoms. The Kier molecular flexibility index (Phi) is 6.12. The molecule has 0 aliphatic carbocycles. The highest BCUT2D eigenvalue weighted by molar-refractivity contribution is 6.07. The summed E-state index contributed by atoms with van der Waals surface area (Å²) in [6.45, 7) is 0. The fraction of sp³-hybridized carbons (Fsp3) is 0. The minimum Gasteiger partial charge on any atom is -0.452 e. The Balaban J connectivity index is 1.24. The van der Waals surface area contributed by atoms with Crippen LogP contribution in [-0.2, 0) is 0 Å². The van der Waals surface area contributed by atoms with Gasteiger partial charge in [0.1, 0.15) is 16.8 Å². The number of nitrogens with zero attached hydrogens (tertiary/aromatic N) is 2. The molecular weight excluding hydrogens is 524 g/mol. The number of rotatable bonds is 5. The summed E-state index contributed by atoms with van der Waals surface area (Å²) in [6.07, 6.45) is 0. The van der Waals surface area contributed by atoms with Gasteiger partial charge in [0.15, 0.2) is 11.4 Å². The topological polar surface area (TPSA) is 38.9 Å². The van der Waals surface area contributed by atoms with E-state index in [-0.39, 0.29) is 0 Å². The molecule has 202 valence electrons. The molecule has 3 nitrogen and oxygen atoms in total. The van der Waals surface area contributed by atoms with Gasteiger partial charge < -0.3 is 4.42 Å². The maximum absolute atomic E-state index is 6.37. The predicted octanol–water partition coefficient (Wildman–Crippen LogP) is 10.7. The standard InChI is InChI=1S/C40H26N2O/c1-3-11-27(12-4-1)31-15-9-16-32(25-31)29-21-23-30(24-22-29)40-41-37(39-38(42-40)35-19-7-8-20-36(35)43-39)34-18-10-17-33(26-34)28-13-5-2-6-14-28/h1-26H. The Bertz CT molecular complexity index is 2220. The Labute approximate surface area is 249 Å². The van der Waals surface area contributed by atoms with Crippen molar-refractivity contribution in [2.24, 2.45) is 0 Å². The Hall–Kier alpha value is -5.80. The zero-order chi connectivity index (χ0) is 28.6. The highest BCUT2D eigenvalue weighted by atomic mass is 16.3. The maximum Gasteiger partial charge on any atom is 0.180 e. The molecule has 0 unspecified atom stereocenters. The van der Waals surface area contributed by atoms with E-state index in [9.17, 15) is 0 Å². The Morgan fingerprint density at radius 1 is 0.372 bits per heavy atom. The van der Waals surface area contributed by atoms with E-state index in [2.05, 4.69) is 127 Å². The summed E-state index contributed by atoms with van der Waals surface area (Å²) < 4.78 is 6.37. The predicted molar refractivity (Wildman–Crippen MR) is 176 cm³/mol. The molecule has 6 aromatic carbocycles. The zero-order valence-corrected chi connectivity index (χ0v) is 23.3. The molecule has 0 amide bonds. The average molecular weight is 551 g/mol. The smallest absolute Gasteiger partial charge is 0.180 e. The summed E-state index contributed by atoms with van der Waals surface area (Å²) in [5.41, 5.74) is 12.1. The van der Waals surface area contributed by atoms with Crippen LogP contribution in [0, 0.1) is 0 Å². The molecule has 0 N–H and O–H groups in total. The zero-order valence-electron chi connectivity index (χ0n) is 23.3. The van der Waals surface area contributed by atoms with E-state index < -0.39 is 0 Å². The highest BCUT2D eigenvalue weighted by Gasteiger charge is 2.18. The lowest BCUT2D eigenvalue weighted by Crippen LogP contribution is -1.94. The van der Waals surface area contributed by atoms with E-state index in [4.69, 9.17) is 14.4 Å². The molecule has 0 aliphatic rings. The largest absolute Gasteiger partial charge is 0.452 e. The molecular formula is C40H26N2O. The lowest BCUT2D eigenvalue weighted by atomic mass is 9.98. The lowest BCUT2D eigenvalue weighted by molar-refractivity contribution is 0.667. The van der Waals surface area contributed by atoms with Crippen LogP contribution in [0.4, 0.5) is 0 Å². The van der Waals surface area contributed by atoms with E-state index in [0.29, 0.717) is 11.4 Å². The van der Waals surface area contributed by atoms with Crippen LogP contribution < -0.4 is 0 Å². The second-order valence-corrected chi connectivity index (χ2v) is 10.6. The Morgan fingerprint density at radius 2 is 0.860 bits per heavy atom. The molecule has 0 atom stereocenters. The quantitative estimate of drug-likeness (QED) is 0.214. The third-order valence-electron chi connectivity index (χ3n) is 7.91. The molecule has 0 saturated heterocycles. The van der Waals surface area contributed by atoms with Gasteiger partial charge in [-0.05, 0) is 57.6 Å². The maximum atomic E-state index is 6.37. The summed E-state index contributed by atoms with van der Waals surface area (Å²) in [7, 11) is 0. The average Bonchev–Trinajstić information content (AvgIpc) is 3.48. The first-order valence-electron chi connectivity index (χ1n) is 14.4. The number of aromatic nitrogens is 2. The van der Waals surface area contributed by atoms with Crippen molar-refractivity contribution in [2.75, 3.05) is 0 Å². The Morgan fingerprint density at radius 3 is 1.51 bits per heavy atom. The molecule has 0 fully saturated rings. The van der Waals surface area contributed by atoms with Gasteiger partial charge in [0.2, 0.25) is 0 Å². The van der Waals surface area contributed by atoms with E-state index in [1.54, 1.807) is 0 Å². The molecule has 43 heavy (non-hydrogen) atoms. The van der Waals surface area contributed by atoms with Crippen molar-refractivity contribution in [3.05, 3.63) is 158 Å². The van der Waals surface area contributed by atoms with Crippen molar-refractivity contribution in [1.29, 1.82) is 0 Å². The first-order valence-corrected chi connectivity index (χ1v) is 14.4. The molecule has 2 aromatic heterocycles. The fourth-order valence-electron chi connectivity index (χ4n) is 5.71. The van der Waals surface area contributed by atoms with Crippen molar-refractivity contribution in [1.82, 2.24) is 9.97 Å². The number of furan rings is 1. The van der Waals surface area contributed by atoms with E-state index >= 15 is 0 Å². The SMILES string of the molecule is c1ccc(-c2cccc(-c3ccc(-c4nc(-c5cccc(-c6ccccc6)c5)c5oc6ccccc6c5n4)cc3)c2)cc1. The summed E-state index contributed by atoms with van der Waals surface area (Å²) in [6, 6.07) is 54.6. The van der Waals surface area contributed by atoms with Crippen LogP contribution in [0.5, 0.6) is 0 Å². The molecule has 0 saturated carbocycles. The molecule has 0 spiro atoms. The summed E-state index contributed by atoms with van der Waals surface area (Å²) >= 11 is 0. The number of para-hydroxylation sites is 1. The third-order valence-corrected chi connectivity index (χ3v) is 7.91. The minimum atomic E-state index is 0.670. The first kappa shape index (κ1) is 25.0. The normalized spacial score (nSPS) is 11.3. The summed E-state index contributed by atoms with van der Waals surface area (Å²) in [4.78, 5) is 10.2. The first-order chi connectivity index (χ1) is 21.3. The van der Waals surface area contributed by atoms with Crippen molar-refractivity contribution < 1.29 is 4.42 Å². The van der Waals surface area contributed by atoms with Crippen LogP contribution in [0.15, 0.2) is 162 Å². The van der Waals surface area contributed by atoms with E-state index in [1.807, 2.05) is 30.3 Å². The number of benzene rings is 6. The van der Waals surface area contributed by atoms with Gasteiger partial charge in [-0.3, -0.25) is 0 Å². The summed E-state index contributed by atoms with van der Waals surface area (Å²) in [5.74, 6) is 0.670. The molecule has 8 rings (SSSR count). The molecule has 3 heteroatoms. The molecule has 8 aromatic rings. The fourth-order valence-corrected chi connectivity index (χ4v) is 5.71. The van der Waals surface area contributed by atoms with Crippen molar-refractivity contribution in [3.63, 3.8) is 0 Å². The van der Waals surface area contributed by atoms with Gasteiger partial charge >= 0.3 is 0 Å². The van der Waals surface area contributed by atoms with Crippen LogP contribution >= 0.6 is 0 Å². The molecule has 0 radical (unpaired) electrons. The van der Waals surface area contributed by atoms with Crippen molar-refractivity contribution in [2.45, 2.75) is 0 Å². The van der Waals surface area contributed by atoms with Crippen LogP contribution in [0.3, 0.4) is 0 Å². The van der Waals surface area contributed by atoms with Gasteiger partial charge in [-0.2, -0.15) is 0 Å². The second-order valence-electron chi connectivity index (χ2n) is 10.6. The van der Waals surface area contributed by atoms with Crippen LogP contribution in [0.25, 0.3) is 78.1 Å². The lowest BCUT2D eigenvalue weighted by Gasteiger charge is -2.09. The second kappa shape index (κ2) is 10.6. The minimum absolute atomic E-state index is 0.670. The van der Waals surface area contributed by atoms with Crippen molar-refractivity contribution in [3.8, 4) is 56.0 Å². The van der Waals surface area contributed by atoms with Crippen LogP contribution in [0.2, 0.25) is 0 Å². The van der Waals surface area contributed by atoms with Crippen molar-refractivity contribution >= 4 is 22.1 Å². The highest BCUT2D eigenvalue weighted by Crippen LogP contribution is 2.37. The van der Waals surface area contributed by atoms with Crippen LogP contribution in [0.1, 0.15) is 0 Å². The van der Waals surface area contributed by atoms with Gasteiger partial charge in [0.25, 0.3) is 0 Å². The number of fused-ring (bicyclic) bond motifs is 3. The van der Waals surface area contributed by atoms with Gasteiger partial charge in [-0.25, -0.2) is 9.97 Å². The third kappa shape index (κ3) is 4.67. The van der Waals surface area contributed by atoms with E-state index in [1.165, 1.54) is 16.7 Å². The molecule has 2 heterocycles. The number of hydrogen-bond donors (Lipinski definition) is 0. The molecule has 0 aliphatic heterocycles. The number of hydrogen-bond acceptors (Lipinski definition) is 3. The summed E-state index contributed by atoms with van der Waals surface area (Å²) in [5, 5.41) is 0.982. The monoisotopic (exact) mass is 550 g/mol. The van der Waals surface area contributed by atoms with E-state index in [0.717, 1.165) is 50.0 Å². The van der Waals surface area contributed by atoms with Gasteiger partial charge in [0.05, 0.1) is 0 Å².